The van der Waals surface area contributed by atoms with Crippen LogP contribution in [0.4, 0.5) is 4.39 Å². The van der Waals surface area contributed by atoms with Gasteiger partial charge in [-0.05, 0) is 37.0 Å². The van der Waals surface area contributed by atoms with Crippen LogP contribution in [0.25, 0.3) is 0 Å². The molecular formula is C13H18FN. The minimum Gasteiger partial charge on any atom is -0.310 e. The van der Waals surface area contributed by atoms with E-state index in [1.54, 1.807) is 6.07 Å². The highest BCUT2D eigenvalue weighted by molar-refractivity contribution is 5.27. The minimum absolute atomic E-state index is 0.0966. The average molecular weight is 207 g/mol. The van der Waals surface area contributed by atoms with Crippen molar-refractivity contribution in [2.45, 2.75) is 45.2 Å². The molecule has 1 aliphatic rings. The first kappa shape index (κ1) is 10.6. The Morgan fingerprint density at radius 1 is 1.33 bits per heavy atom. The molecule has 0 amide bonds. The summed E-state index contributed by atoms with van der Waals surface area (Å²) in [5.74, 6) is -0.0966. The van der Waals surface area contributed by atoms with Crippen LogP contribution in [0.1, 0.15) is 36.8 Å². The summed E-state index contributed by atoms with van der Waals surface area (Å²) in [5.41, 5.74) is 1.87. The molecule has 1 aliphatic carbocycles. The molecule has 0 atom stereocenters. The summed E-state index contributed by atoms with van der Waals surface area (Å²) in [7, 11) is 0. The second-order valence-corrected chi connectivity index (χ2v) is 4.39. The van der Waals surface area contributed by atoms with Gasteiger partial charge in [0.2, 0.25) is 0 Å². The fourth-order valence-corrected chi connectivity index (χ4v) is 2.23. The summed E-state index contributed by atoms with van der Waals surface area (Å²) in [5, 5.41) is 3.50. The zero-order valence-electron chi connectivity index (χ0n) is 9.22. The Kier molecular flexibility index (Phi) is 3.37. The second kappa shape index (κ2) is 4.75. The van der Waals surface area contributed by atoms with Gasteiger partial charge in [-0.25, -0.2) is 4.39 Å². The molecule has 0 heterocycles. The molecule has 1 fully saturated rings. The van der Waals surface area contributed by atoms with Crippen molar-refractivity contribution >= 4 is 0 Å². The summed E-state index contributed by atoms with van der Waals surface area (Å²) in [4.78, 5) is 0. The highest BCUT2D eigenvalue weighted by Gasteiger charge is 2.14. The van der Waals surface area contributed by atoms with Crippen LogP contribution in [-0.2, 0) is 6.54 Å². The normalized spacial score (nSPS) is 17.2. The number of rotatable bonds is 3. The van der Waals surface area contributed by atoms with E-state index in [-0.39, 0.29) is 5.82 Å². The third-order valence-corrected chi connectivity index (χ3v) is 3.32. The van der Waals surface area contributed by atoms with Gasteiger partial charge in [-0.2, -0.15) is 0 Å². The molecule has 1 N–H and O–H groups in total. The Labute approximate surface area is 90.7 Å². The summed E-state index contributed by atoms with van der Waals surface area (Å²) in [6.45, 7) is 2.65. The fraction of sp³-hybridized carbons (Fsp3) is 0.538. The molecule has 2 heteroatoms. The number of benzene rings is 1. The summed E-state index contributed by atoms with van der Waals surface area (Å²) >= 11 is 0. The van der Waals surface area contributed by atoms with E-state index in [4.69, 9.17) is 0 Å². The molecule has 0 saturated heterocycles. The smallest absolute Gasteiger partial charge is 0.126 e. The molecule has 1 saturated carbocycles. The van der Waals surface area contributed by atoms with Crippen molar-refractivity contribution < 1.29 is 4.39 Å². The van der Waals surface area contributed by atoms with Crippen molar-refractivity contribution in [1.82, 2.24) is 5.32 Å². The van der Waals surface area contributed by atoms with Crippen molar-refractivity contribution in [2.24, 2.45) is 0 Å². The van der Waals surface area contributed by atoms with E-state index in [0.29, 0.717) is 6.04 Å². The highest BCUT2D eigenvalue weighted by Crippen LogP contribution is 2.19. The molecule has 0 aliphatic heterocycles. The molecule has 82 valence electrons. The lowest BCUT2D eigenvalue weighted by atomic mass is 10.1. The Bertz CT molecular complexity index is 329. The Hall–Kier alpha value is -0.890. The number of halogens is 1. The Balaban J connectivity index is 1.95. The Morgan fingerprint density at radius 2 is 2.07 bits per heavy atom. The van der Waals surface area contributed by atoms with Crippen LogP contribution >= 0.6 is 0 Å². The lowest BCUT2D eigenvalue weighted by Crippen LogP contribution is -2.25. The molecule has 2 rings (SSSR count). The lowest BCUT2D eigenvalue weighted by Gasteiger charge is -2.13. The Morgan fingerprint density at radius 3 is 2.80 bits per heavy atom. The molecule has 0 aromatic heterocycles. The summed E-state index contributed by atoms with van der Waals surface area (Å²) < 4.78 is 13.3. The second-order valence-electron chi connectivity index (χ2n) is 4.39. The SMILES string of the molecule is Cc1c(F)cccc1CNC1CCCC1. The first-order chi connectivity index (χ1) is 7.27. The first-order valence-corrected chi connectivity index (χ1v) is 5.75. The van der Waals surface area contributed by atoms with E-state index in [1.807, 2.05) is 13.0 Å². The standard InChI is InChI=1S/C13H18FN/c1-10-11(5-4-8-13(10)14)9-15-12-6-2-3-7-12/h4-5,8,12,15H,2-3,6-7,9H2,1H3. The molecular weight excluding hydrogens is 189 g/mol. The summed E-state index contributed by atoms with van der Waals surface area (Å²) in [6.07, 6.45) is 5.21. The molecule has 1 aromatic rings. The van der Waals surface area contributed by atoms with E-state index in [1.165, 1.54) is 31.7 Å². The van der Waals surface area contributed by atoms with Crippen LogP contribution in [0.2, 0.25) is 0 Å². The fourth-order valence-electron chi connectivity index (χ4n) is 2.23. The maximum atomic E-state index is 13.3. The van der Waals surface area contributed by atoms with Crippen molar-refractivity contribution in [2.75, 3.05) is 0 Å². The predicted molar refractivity (Wildman–Crippen MR) is 60.2 cm³/mol. The van der Waals surface area contributed by atoms with Crippen LogP contribution in [0, 0.1) is 12.7 Å². The van der Waals surface area contributed by atoms with Crippen molar-refractivity contribution in [1.29, 1.82) is 0 Å². The first-order valence-electron chi connectivity index (χ1n) is 5.75. The van der Waals surface area contributed by atoms with Crippen molar-refractivity contribution in [3.05, 3.63) is 35.1 Å². The predicted octanol–water partition coefficient (Wildman–Crippen LogP) is 3.17. The van der Waals surface area contributed by atoms with Crippen molar-refractivity contribution in [3.8, 4) is 0 Å². The van der Waals surface area contributed by atoms with Crippen molar-refractivity contribution in [3.63, 3.8) is 0 Å². The zero-order chi connectivity index (χ0) is 10.7. The van der Waals surface area contributed by atoms with Crippen LogP contribution in [0.15, 0.2) is 18.2 Å². The maximum Gasteiger partial charge on any atom is 0.126 e. The highest BCUT2D eigenvalue weighted by atomic mass is 19.1. The molecule has 0 bridgehead atoms. The van der Waals surface area contributed by atoms with Gasteiger partial charge in [0, 0.05) is 12.6 Å². The van der Waals surface area contributed by atoms with Gasteiger partial charge in [-0.1, -0.05) is 25.0 Å². The number of hydrogen-bond donors (Lipinski definition) is 1. The average Bonchev–Trinajstić information content (AvgIpc) is 2.73. The van der Waals surface area contributed by atoms with E-state index < -0.39 is 0 Å². The minimum atomic E-state index is -0.0966. The van der Waals surface area contributed by atoms with Gasteiger partial charge in [-0.3, -0.25) is 0 Å². The van der Waals surface area contributed by atoms with E-state index >= 15 is 0 Å². The zero-order valence-corrected chi connectivity index (χ0v) is 9.22. The van der Waals surface area contributed by atoms with Gasteiger partial charge in [0.15, 0.2) is 0 Å². The monoisotopic (exact) mass is 207 g/mol. The molecule has 1 aromatic carbocycles. The van der Waals surface area contributed by atoms with Crippen LogP contribution in [-0.4, -0.2) is 6.04 Å². The lowest BCUT2D eigenvalue weighted by molar-refractivity contribution is 0.520. The van der Waals surface area contributed by atoms with Gasteiger partial charge in [0.1, 0.15) is 5.82 Å². The molecule has 0 unspecified atom stereocenters. The topological polar surface area (TPSA) is 12.0 Å². The molecule has 0 spiro atoms. The van der Waals surface area contributed by atoms with Gasteiger partial charge in [0.25, 0.3) is 0 Å². The van der Waals surface area contributed by atoms with Crippen LogP contribution in [0.3, 0.4) is 0 Å². The third-order valence-electron chi connectivity index (χ3n) is 3.32. The maximum absolute atomic E-state index is 13.3. The third kappa shape index (κ3) is 2.57. The number of hydrogen-bond acceptors (Lipinski definition) is 1. The van der Waals surface area contributed by atoms with Gasteiger partial charge in [0.05, 0.1) is 0 Å². The quantitative estimate of drug-likeness (QED) is 0.802. The molecule has 0 radical (unpaired) electrons. The van der Waals surface area contributed by atoms with Gasteiger partial charge in [-0.15, -0.1) is 0 Å². The van der Waals surface area contributed by atoms with Crippen LogP contribution in [0.5, 0.6) is 0 Å². The van der Waals surface area contributed by atoms with Gasteiger partial charge >= 0.3 is 0 Å². The van der Waals surface area contributed by atoms with E-state index in [9.17, 15) is 4.39 Å². The van der Waals surface area contributed by atoms with Gasteiger partial charge < -0.3 is 5.32 Å². The molecule has 15 heavy (non-hydrogen) atoms. The number of nitrogens with one attached hydrogen (secondary N) is 1. The largest absolute Gasteiger partial charge is 0.310 e. The van der Waals surface area contributed by atoms with Crippen LogP contribution < -0.4 is 5.32 Å². The summed E-state index contributed by atoms with van der Waals surface area (Å²) in [6, 6.07) is 5.95. The van der Waals surface area contributed by atoms with E-state index in [0.717, 1.165) is 17.7 Å². The van der Waals surface area contributed by atoms with E-state index in [2.05, 4.69) is 5.32 Å². The molecule has 1 nitrogen and oxygen atoms in total.